The number of fused-ring (bicyclic) bond motifs is 1. The summed E-state index contributed by atoms with van der Waals surface area (Å²) in [5.41, 5.74) is 9.65. The van der Waals surface area contributed by atoms with Gasteiger partial charge < -0.3 is 11.2 Å². The molecule has 10 heteroatoms. The van der Waals surface area contributed by atoms with Gasteiger partial charge in [-0.15, -0.1) is 0 Å². The molecule has 1 unspecified atom stereocenters. The van der Waals surface area contributed by atoms with Gasteiger partial charge in [-0.05, 0) is 12.0 Å². The number of allylic oxidation sites excluding steroid dienone is 1. The minimum Gasteiger partial charge on any atom is -0.363 e. The molecule has 0 radical (unpaired) electrons. The normalized spacial score (nSPS) is 20.8. The average Bonchev–Trinajstić information content (AvgIpc) is 2.93. The molecule has 1 aromatic heterocycles. The predicted octanol–water partition coefficient (Wildman–Crippen LogP) is 0.461. The third-order valence-electron chi connectivity index (χ3n) is 3.40. The first-order chi connectivity index (χ1) is 10.4. The van der Waals surface area contributed by atoms with E-state index in [-0.39, 0.29) is 11.5 Å². The van der Waals surface area contributed by atoms with Crippen LogP contribution < -0.4 is 16.6 Å². The molecule has 2 aliphatic rings. The van der Waals surface area contributed by atoms with Gasteiger partial charge in [0.05, 0.1) is 0 Å². The molecule has 4 N–H and O–H groups in total. The van der Waals surface area contributed by atoms with Crippen molar-refractivity contribution in [3.63, 3.8) is 0 Å². The fourth-order valence-corrected chi connectivity index (χ4v) is 2.37. The van der Waals surface area contributed by atoms with E-state index >= 15 is 0 Å². The van der Waals surface area contributed by atoms with Crippen molar-refractivity contribution >= 4 is 17.3 Å². The molecule has 0 bridgehead atoms. The summed E-state index contributed by atoms with van der Waals surface area (Å²) in [6.45, 7) is 0.567. The van der Waals surface area contributed by atoms with E-state index in [0.29, 0.717) is 24.4 Å². The van der Waals surface area contributed by atoms with Crippen LogP contribution in [-0.2, 0) is 6.18 Å². The molecule has 116 valence electrons. The Hall–Kier alpha value is -2.49. The Morgan fingerprint density at radius 2 is 2.18 bits per heavy atom. The number of primary amides is 1. The third kappa shape index (κ3) is 2.52. The lowest BCUT2D eigenvalue weighted by molar-refractivity contribution is -0.141. The SMILES string of the molecule is NC(=O)c1ncc(C2=CN=C3NNCC3C2)c(C(F)(F)F)n1. The van der Waals surface area contributed by atoms with Crippen molar-refractivity contribution < 1.29 is 18.0 Å². The van der Waals surface area contributed by atoms with Crippen molar-refractivity contribution in [3.05, 3.63) is 29.5 Å². The van der Waals surface area contributed by atoms with E-state index < -0.39 is 23.6 Å². The van der Waals surface area contributed by atoms with Gasteiger partial charge in [0.15, 0.2) is 5.69 Å². The van der Waals surface area contributed by atoms with Crippen molar-refractivity contribution in [1.29, 1.82) is 0 Å². The Morgan fingerprint density at radius 3 is 2.86 bits per heavy atom. The monoisotopic (exact) mass is 312 g/mol. The van der Waals surface area contributed by atoms with Crippen LogP contribution in [0.2, 0.25) is 0 Å². The fraction of sp³-hybridized carbons (Fsp3) is 0.333. The smallest absolute Gasteiger partial charge is 0.363 e. The Kier molecular flexibility index (Phi) is 3.32. The Morgan fingerprint density at radius 1 is 1.41 bits per heavy atom. The predicted molar refractivity (Wildman–Crippen MR) is 70.2 cm³/mol. The molecule has 22 heavy (non-hydrogen) atoms. The Balaban J connectivity index is 2.05. The first-order valence-corrected chi connectivity index (χ1v) is 6.36. The number of amides is 1. The maximum absolute atomic E-state index is 13.2. The van der Waals surface area contributed by atoms with Crippen LogP contribution in [0.5, 0.6) is 0 Å². The van der Waals surface area contributed by atoms with E-state index in [9.17, 15) is 18.0 Å². The number of hydrogen-bond acceptors (Lipinski definition) is 6. The van der Waals surface area contributed by atoms with Crippen molar-refractivity contribution in [2.75, 3.05) is 6.54 Å². The van der Waals surface area contributed by atoms with Crippen molar-refractivity contribution in [3.8, 4) is 0 Å². The van der Waals surface area contributed by atoms with E-state index in [4.69, 9.17) is 5.73 Å². The van der Waals surface area contributed by atoms with E-state index in [1.165, 1.54) is 6.20 Å². The summed E-state index contributed by atoms with van der Waals surface area (Å²) in [5, 5.41) is 0. The van der Waals surface area contributed by atoms with Crippen LogP contribution in [0, 0.1) is 5.92 Å². The van der Waals surface area contributed by atoms with E-state index in [2.05, 4.69) is 25.8 Å². The maximum atomic E-state index is 13.2. The summed E-state index contributed by atoms with van der Waals surface area (Å²) in [6, 6.07) is 0. The minimum absolute atomic E-state index is 0.0306. The van der Waals surface area contributed by atoms with Crippen LogP contribution in [-0.4, -0.2) is 28.3 Å². The molecular weight excluding hydrogens is 301 g/mol. The standard InChI is InChI=1S/C12H11F3N6O/c13-12(14,15)8-7(4-18-11(20-8)9(16)22)5-1-6-3-19-21-10(6)17-2-5/h2,4,6,19H,1,3H2,(H2,16,22)(H,17,21). The second-order valence-corrected chi connectivity index (χ2v) is 4.89. The number of nitrogens with one attached hydrogen (secondary N) is 2. The molecule has 1 saturated heterocycles. The van der Waals surface area contributed by atoms with Crippen LogP contribution in [0.1, 0.15) is 28.3 Å². The molecule has 3 rings (SSSR count). The Labute approximate surface area is 122 Å². The number of carbonyl (C=O) groups is 1. The van der Waals surface area contributed by atoms with Crippen LogP contribution in [0.15, 0.2) is 17.4 Å². The van der Waals surface area contributed by atoms with Crippen LogP contribution in [0.4, 0.5) is 13.2 Å². The number of alkyl halides is 3. The number of nitrogens with two attached hydrogens (primary N) is 1. The number of aromatic nitrogens is 2. The third-order valence-corrected chi connectivity index (χ3v) is 3.40. The van der Waals surface area contributed by atoms with Crippen LogP contribution in [0.25, 0.3) is 5.57 Å². The zero-order valence-electron chi connectivity index (χ0n) is 11.1. The van der Waals surface area contributed by atoms with Gasteiger partial charge in [-0.3, -0.25) is 4.79 Å². The first kappa shape index (κ1) is 14.4. The summed E-state index contributed by atoms with van der Waals surface area (Å²) < 4.78 is 39.6. The maximum Gasteiger partial charge on any atom is 0.434 e. The first-order valence-electron chi connectivity index (χ1n) is 6.36. The van der Waals surface area contributed by atoms with Crippen LogP contribution in [0.3, 0.4) is 0 Å². The molecular formula is C12H11F3N6O. The molecule has 1 amide bonds. The van der Waals surface area contributed by atoms with Crippen LogP contribution >= 0.6 is 0 Å². The Bertz CT molecular complexity index is 697. The molecule has 1 atom stereocenters. The average molecular weight is 312 g/mol. The van der Waals surface area contributed by atoms with E-state index in [1.807, 2.05) is 0 Å². The van der Waals surface area contributed by atoms with E-state index in [0.717, 1.165) is 6.20 Å². The highest BCUT2D eigenvalue weighted by Crippen LogP contribution is 2.36. The summed E-state index contributed by atoms with van der Waals surface area (Å²) in [5.74, 6) is -1.12. The number of amidine groups is 1. The van der Waals surface area contributed by atoms with Gasteiger partial charge in [-0.1, -0.05) is 0 Å². The van der Waals surface area contributed by atoms with Crippen molar-refractivity contribution in [1.82, 2.24) is 20.8 Å². The van der Waals surface area contributed by atoms with Gasteiger partial charge in [0, 0.05) is 30.4 Å². The van der Waals surface area contributed by atoms with Gasteiger partial charge in [-0.2, -0.15) is 13.2 Å². The highest BCUT2D eigenvalue weighted by atomic mass is 19.4. The molecule has 0 saturated carbocycles. The highest BCUT2D eigenvalue weighted by molar-refractivity contribution is 5.91. The molecule has 0 aromatic carbocycles. The zero-order chi connectivity index (χ0) is 15.9. The molecule has 1 fully saturated rings. The number of nitrogens with zero attached hydrogens (tertiary/aromatic N) is 3. The van der Waals surface area contributed by atoms with Gasteiger partial charge in [0.25, 0.3) is 5.91 Å². The van der Waals surface area contributed by atoms with Crippen molar-refractivity contribution in [2.45, 2.75) is 12.6 Å². The largest absolute Gasteiger partial charge is 0.434 e. The van der Waals surface area contributed by atoms with E-state index in [1.54, 1.807) is 0 Å². The summed E-state index contributed by atoms with van der Waals surface area (Å²) >= 11 is 0. The second-order valence-electron chi connectivity index (χ2n) is 4.89. The number of halogens is 3. The topological polar surface area (TPSA) is 105 Å². The lowest BCUT2D eigenvalue weighted by Crippen LogP contribution is -2.27. The highest BCUT2D eigenvalue weighted by Gasteiger charge is 2.38. The molecule has 0 spiro atoms. The zero-order valence-corrected chi connectivity index (χ0v) is 11.1. The molecule has 3 heterocycles. The van der Waals surface area contributed by atoms with Gasteiger partial charge >= 0.3 is 6.18 Å². The molecule has 7 nitrogen and oxygen atoms in total. The lowest BCUT2D eigenvalue weighted by atomic mass is 9.92. The lowest BCUT2D eigenvalue weighted by Gasteiger charge is -2.19. The van der Waals surface area contributed by atoms with Gasteiger partial charge in [0.1, 0.15) is 5.84 Å². The number of hydrogen-bond donors (Lipinski definition) is 3. The minimum atomic E-state index is -4.72. The number of carbonyl (C=O) groups excluding carboxylic acids is 1. The fourth-order valence-electron chi connectivity index (χ4n) is 2.37. The summed E-state index contributed by atoms with van der Waals surface area (Å²) in [7, 11) is 0. The number of hydrazine groups is 1. The molecule has 1 aromatic rings. The summed E-state index contributed by atoms with van der Waals surface area (Å²) in [6.07, 6.45) is -2.04. The van der Waals surface area contributed by atoms with Crippen molar-refractivity contribution in [2.24, 2.45) is 16.6 Å². The molecule has 2 aliphatic heterocycles. The number of rotatable bonds is 2. The van der Waals surface area contributed by atoms with Gasteiger partial charge in [-0.25, -0.2) is 20.4 Å². The molecule has 0 aliphatic carbocycles. The summed E-state index contributed by atoms with van der Waals surface area (Å²) in [4.78, 5) is 22.0. The van der Waals surface area contributed by atoms with Gasteiger partial charge in [0.2, 0.25) is 5.82 Å². The second kappa shape index (κ2) is 5.05. The quantitative estimate of drug-likeness (QED) is 0.736. The number of aliphatic imine (C=N–C) groups is 1.